The van der Waals surface area contributed by atoms with E-state index in [1.54, 1.807) is 11.3 Å². The average Bonchev–Trinajstić information content (AvgIpc) is 2.80. The Balaban J connectivity index is 1.95. The summed E-state index contributed by atoms with van der Waals surface area (Å²) in [6.07, 6.45) is 5.30. The monoisotopic (exact) mass is 267 g/mol. The van der Waals surface area contributed by atoms with Crippen LogP contribution < -0.4 is 5.73 Å². The minimum absolute atomic E-state index is 0.0542. The Morgan fingerprint density at radius 2 is 2.06 bits per heavy atom. The quantitative estimate of drug-likeness (QED) is 0.890. The van der Waals surface area contributed by atoms with Crippen LogP contribution in [0.3, 0.4) is 0 Å². The van der Waals surface area contributed by atoms with E-state index in [1.165, 1.54) is 30.6 Å². The molecule has 0 spiro atoms. The Labute approximate surface area is 115 Å². The van der Waals surface area contributed by atoms with Crippen molar-refractivity contribution in [3.8, 4) is 0 Å². The Morgan fingerprint density at radius 3 is 2.56 bits per heavy atom. The fourth-order valence-corrected chi connectivity index (χ4v) is 3.50. The van der Waals surface area contributed by atoms with Crippen LogP contribution in [-0.2, 0) is 4.74 Å². The third-order valence-corrected chi connectivity index (χ3v) is 4.86. The summed E-state index contributed by atoms with van der Waals surface area (Å²) in [5.41, 5.74) is 6.57. The Morgan fingerprint density at radius 1 is 1.39 bits per heavy atom. The van der Waals surface area contributed by atoms with Gasteiger partial charge in [0, 0.05) is 10.9 Å². The van der Waals surface area contributed by atoms with E-state index in [2.05, 4.69) is 31.4 Å². The molecule has 0 amide bonds. The molecule has 3 heteroatoms. The third kappa shape index (κ3) is 3.56. The summed E-state index contributed by atoms with van der Waals surface area (Å²) in [6, 6.07) is 4.26. The molecule has 102 valence electrons. The second-order valence-corrected chi connectivity index (χ2v) is 7.27. The highest BCUT2D eigenvalue weighted by molar-refractivity contribution is 7.10. The maximum absolute atomic E-state index is 6.28. The predicted molar refractivity (Wildman–Crippen MR) is 77.8 cm³/mol. The van der Waals surface area contributed by atoms with Crippen molar-refractivity contribution in [2.75, 3.05) is 0 Å². The van der Waals surface area contributed by atoms with Gasteiger partial charge in [0.05, 0.1) is 6.10 Å². The van der Waals surface area contributed by atoms with Gasteiger partial charge in [0.1, 0.15) is 6.10 Å². The molecule has 1 saturated carbocycles. The van der Waals surface area contributed by atoms with Crippen LogP contribution in [0.5, 0.6) is 0 Å². The second kappa shape index (κ2) is 5.72. The van der Waals surface area contributed by atoms with Gasteiger partial charge in [0.15, 0.2) is 0 Å². The normalized spacial score (nSPS) is 23.8. The fourth-order valence-electron chi connectivity index (χ4n) is 2.62. The molecule has 1 aromatic rings. The first kappa shape index (κ1) is 14.0. The molecule has 0 bridgehead atoms. The van der Waals surface area contributed by atoms with Gasteiger partial charge in [-0.2, -0.15) is 0 Å². The molecular weight excluding hydrogens is 242 g/mol. The summed E-state index contributed by atoms with van der Waals surface area (Å²) >= 11 is 1.74. The molecule has 2 nitrogen and oxygen atoms in total. The number of thiophene rings is 1. The molecule has 0 aromatic carbocycles. The molecule has 1 fully saturated rings. The maximum Gasteiger partial charge on any atom is 0.107 e. The van der Waals surface area contributed by atoms with Gasteiger partial charge in [0.2, 0.25) is 0 Å². The van der Waals surface area contributed by atoms with Crippen molar-refractivity contribution in [2.45, 2.75) is 64.7 Å². The van der Waals surface area contributed by atoms with Crippen molar-refractivity contribution >= 4 is 11.3 Å². The van der Waals surface area contributed by atoms with Crippen molar-refractivity contribution in [2.24, 2.45) is 11.1 Å². The first-order chi connectivity index (χ1) is 8.48. The summed E-state index contributed by atoms with van der Waals surface area (Å²) in [5, 5.41) is 2.10. The van der Waals surface area contributed by atoms with Gasteiger partial charge in [0.25, 0.3) is 0 Å². The minimum Gasteiger partial charge on any atom is -0.368 e. The van der Waals surface area contributed by atoms with Crippen LogP contribution in [0.25, 0.3) is 0 Å². The molecule has 2 atom stereocenters. The molecule has 2 rings (SSSR count). The van der Waals surface area contributed by atoms with Crippen molar-refractivity contribution in [1.29, 1.82) is 0 Å². The summed E-state index contributed by atoms with van der Waals surface area (Å²) in [7, 11) is 0. The lowest BCUT2D eigenvalue weighted by Crippen LogP contribution is -2.33. The Bertz CT molecular complexity index is 349. The number of hydrogen-bond donors (Lipinski definition) is 1. The van der Waals surface area contributed by atoms with E-state index < -0.39 is 0 Å². The van der Waals surface area contributed by atoms with E-state index in [1.807, 2.05) is 6.92 Å². The van der Waals surface area contributed by atoms with Crippen molar-refractivity contribution in [3.05, 3.63) is 22.4 Å². The van der Waals surface area contributed by atoms with Gasteiger partial charge in [-0.3, -0.25) is 0 Å². The SMILES string of the molecule is CC(N)C(OC1CCC(C)(C)CC1)c1cccs1. The highest BCUT2D eigenvalue weighted by atomic mass is 32.1. The van der Waals surface area contributed by atoms with Crippen LogP contribution in [0.1, 0.15) is 57.4 Å². The smallest absolute Gasteiger partial charge is 0.107 e. The average molecular weight is 267 g/mol. The first-order valence-electron chi connectivity index (χ1n) is 6.92. The van der Waals surface area contributed by atoms with E-state index in [9.17, 15) is 0 Å². The van der Waals surface area contributed by atoms with Crippen LogP contribution in [0.15, 0.2) is 17.5 Å². The molecule has 0 saturated heterocycles. The maximum atomic E-state index is 6.28. The molecular formula is C15H25NOS. The van der Waals surface area contributed by atoms with Gasteiger partial charge >= 0.3 is 0 Å². The summed E-state index contributed by atoms with van der Waals surface area (Å²) in [5.74, 6) is 0. The molecule has 18 heavy (non-hydrogen) atoms. The lowest BCUT2D eigenvalue weighted by molar-refractivity contribution is -0.0533. The van der Waals surface area contributed by atoms with Gasteiger partial charge in [-0.1, -0.05) is 19.9 Å². The number of nitrogens with two attached hydrogens (primary N) is 1. The number of ether oxygens (including phenoxy) is 1. The molecule has 1 aromatic heterocycles. The molecule has 1 heterocycles. The topological polar surface area (TPSA) is 35.2 Å². The Kier molecular flexibility index (Phi) is 4.46. The first-order valence-corrected chi connectivity index (χ1v) is 7.80. The Hall–Kier alpha value is -0.380. The van der Waals surface area contributed by atoms with Crippen LogP contribution in [0.2, 0.25) is 0 Å². The van der Waals surface area contributed by atoms with Gasteiger partial charge in [-0.05, 0) is 49.5 Å². The van der Waals surface area contributed by atoms with Crippen molar-refractivity contribution in [1.82, 2.24) is 0 Å². The third-order valence-electron chi connectivity index (χ3n) is 3.93. The van der Waals surface area contributed by atoms with Crippen molar-refractivity contribution in [3.63, 3.8) is 0 Å². The number of hydrogen-bond acceptors (Lipinski definition) is 3. The van der Waals surface area contributed by atoms with Gasteiger partial charge < -0.3 is 10.5 Å². The molecule has 0 radical (unpaired) electrons. The predicted octanol–water partition coefficient (Wildman–Crippen LogP) is 4.12. The lowest BCUT2D eigenvalue weighted by atomic mass is 9.76. The fraction of sp³-hybridized carbons (Fsp3) is 0.733. The van der Waals surface area contributed by atoms with Crippen LogP contribution in [0.4, 0.5) is 0 Å². The van der Waals surface area contributed by atoms with E-state index in [-0.39, 0.29) is 12.1 Å². The van der Waals surface area contributed by atoms with E-state index in [0.29, 0.717) is 11.5 Å². The zero-order chi connectivity index (χ0) is 13.2. The zero-order valence-electron chi connectivity index (χ0n) is 11.7. The van der Waals surface area contributed by atoms with E-state index >= 15 is 0 Å². The lowest BCUT2D eigenvalue weighted by Gasteiger charge is -2.36. The number of rotatable bonds is 4. The minimum atomic E-state index is 0.0542. The highest BCUT2D eigenvalue weighted by Crippen LogP contribution is 2.38. The van der Waals surface area contributed by atoms with Crippen LogP contribution >= 0.6 is 11.3 Å². The molecule has 2 unspecified atom stereocenters. The van der Waals surface area contributed by atoms with E-state index in [4.69, 9.17) is 10.5 Å². The van der Waals surface area contributed by atoms with Crippen LogP contribution in [0, 0.1) is 5.41 Å². The summed E-state index contributed by atoms with van der Waals surface area (Å²) in [4.78, 5) is 1.26. The summed E-state index contributed by atoms with van der Waals surface area (Å²) < 4.78 is 6.28. The largest absolute Gasteiger partial charge is 0.368 e. The van der Waals surface area contributed by atoms with E-state index in [0.717, 1.165) is 0 Å². The molecule has 1 aliphatic carbocycles. The van der Waals surface area contributed by atoms with Gasteiger partial charge in [-0.15, -0.1) is 11.3 Å². The molecule has 1 aliphatic rings. The van der Waals surface area contributed by atoms with Crippen LogP contribution in [-0.4, -0.2) is 12.1 Å². The second-order valence-electron chi connectivity index (χ2n) is 6.29. The highest BCUT2D eigenvalue weighted by Gasteiger charge is 2.30. The standard InChI is InChI=1S/C15H25NOS/c1-11(16)14(13-5-4-10-18-13)17-12-6-8-15(2,3)9-7-12/h4-5,10-12,14H,6-9,16H2,1-3H3. The van der Waals surface area contributed by atoms with Gasteiger partial charge in [-0.25, -0.2) is 0 Å². The van der Waals surface area contributed by atoms with Crippen molar-refractivity contribution < 1.29 is 4.74 Å². The summed E-state index contributed by atoms with van der Waals surface area (Å²) in [6.45, 7) is 6.74. The molecule has 0 aliphatic heterocycles. The molecule has 2 N–H and O–H groups in total. The zero-order valence-corrected chi connectivity index (χ0v) is 12.5.